The number of carbonyl (C=O) groups is 1. The first kappa shape index (κ1) is 18.5. The first-order valence-corrected chi connectivity index (χ1v) is 8.22. The Labute approximate surface area is 149 Å². The van der Waals surface area contributed by atoms with Crippen molar-refractivity contribution in [3.05, 3.63) is 90.6 Å². The maximum Gasteiger partial charge on any atom is 0.333 e. The largest absolute Gasteiger partial charge is 0.456 e. The maximum atomic E-state index is 11.7. The molecule has 25 heavy (non-hydrogen) atoms. The molecule has 4 heteroatoms. The minimum atomic E-state index is -0.410. The van der Waals surface area contributed by atoms with Crippen LogP contribution in [0.1, 0.15) is 29.7 Å². The maximum absolute atomic E-state index is 11.7. The molecule has 0 N–H and O–H groups in total. The second-order valence-electron chi connectivity index (χ2n) is 5.83. The number of allylic oxidation sites excluding steroid dienone is 2. The third kappa shape index (κ3) is 4.80. The molecule has 2 rings (SSSR count). The Morgan fingerprint density at radius 1 is 1.24 bits per heavy atom. The standard InChI is InChI=1S/C21H24N2O2/c1-5-10-19-18(15-25-21(24)16(3)4)22-20(23(19)13-6-2)14-17-11-8-7-9-12-17/h5-9,11-12H,1-3,10,13-15H2,4H3. The van der Waals surface area contributed by atoms with Crippen molar-refractivity contribution in [2.24, 2.45) is 0 Å². The van der Waals surface area contributed by atoms with Crippen molar-refractivity contribution >= 4 is 5.97 Å². The highest BCUT2D eigenvalue weighted by molar-refractivity contribution is 5.86. The molecule has 0 saturated carbocycles. The van der Waals surface area contributed by atoms with Crippen LogP contribution in [0.25, 0.3) is 0 Å². The predicted molar refractivity (Wildman–Crippen MR) is 100 cm³/mol. The van der Waals surface area contributed by atoms with Gasteiger partial charge in [-0.3, -0.25) is 0 Å². The molecular formula is C21H24N2O2. The van der Waals surface area contributed by atoms with Gasteiger partial charge in [-0.05, 0) is 12.5 Å². The van der Waals surface area contributed by atoms with Gasteiger partial charge in [0.2, 0.25) is 0 Å². The molecule has 1 aromatic heterocycles. The summed E-state index contributed by atoms with van der Waals surface area (Å²) in [6.45, 7) is 13.7. The van der Waals surface area contributed by atoms with Crippen molar-refractivity contribution in [2.75, 3.05) is 0 Å². The molecule has 0 saturated heterocycles. The molecule has 0 aliphatic heterocycles. The van der Waals surface area contributed by atoms with Gasteiger partial charge in [-0.25, -0.2) is 9.78 Å². The van der Waals surface area contributed by atoms with E-state index in [0.29, 0.717) is 25.0 Å². The molecule has 0 amide bonds. The van der Waals surface area contributed by atoms with Crippen molar-refractivity contribution < 1.29 is 9.53 Å². The lowest BCUT2D eigenvalue weighted by atomic mass is 10.1. The predicted octanol–water partition coefficient (Wildman–Crippen LogP) is 4.01. The fourth-order valence-electron chi connectivity index (χ4n) is 2.59. The van der Waals surface area contributed by atoms with E-state index in [1.165, 1.54) is 5.56 Å². The van der Waals surface area contributed by atoms with Crippen molar-refractivity contribution in [1.29, 1.82) is 0 Å². The number of esters is 1. The number of rotatable bonds is 9. The van der Waals surface area contributed by atoms with Crippen LogP contribution in [0.3, 0.4) is 0 Å². The average Bonchev–Trinajstić information content (AvgIpc) is 2.91. The molecule has 0 fully saturated rings. The van der Waals surface area contributed by atoms with E-state index in [-0.39, 0.29) is 6.61 Å². The van der Waals surface area contributed by atoms with Gasteiger partial charge in [0.1, 0.15) is 12.4 Å². The molecule has 0 atom stereocenters. The van der Waals surface area contributed by atoms with Crippen molar-refractivity contribution in [2.45, 2.75) is 32.9 Å². The zero-order chi connectivity index (χ0) is 18.2. The van der Waals surface area contributed by atoms with Crippen molar-refractivity contribution in [3.63, 3.8) is 0 Å². The molecule has 0 aliphatic carbocycles. The summed E-state index contributed by atoms with van der Waals surface area (Å²) < 4.78 is 7.42. The highest BCUT2D eigenvalue weighted by Gasteiger charge is 2.17. The van der Waals surface area contributed by atoms with E-state index < -0.39 is 5.97 Å². The van der Waals surface area contributed by atoms with Crippen LogP contribution in [0, 0.1) is 0 Å². The summed E-state index contributed by atoms with van der Waals surface area (Å²) in [5, 5.41) is 0. The molecule has 0 bridgehead atoms. The van der Waals surface area contributed by atoms with Crippen molar-refractivity contribution in [3.8, 4) is 0 Å². The van der Waals surface area contributed by atoms with E-state index in [1.807, 2.05) is 30.4 Å². The van der Waals surface area contributed by atoms with Gasteiger partial charge in [0.05, 0.1) is 5.69 Å². The van der Waals surface area contributed by atoms with E-state index in [1.54, 1.807) is 6.92 Å². The minimum Gasteiger partial charge on any atom is -0.456 e. The number of imidazole rings is 1. The van der Waals surface area contributed by atoms with Crippen LogP contribution in [0.4, 0.5) is 0 Å². The van der Waals surface area contributed by atoms with Gasteiger partial charge in [-0.2, -0.15) is 0 Å². The lowest BCUT2D eigenvalue weighted by Gasteiger charge is -2.10. The van der Waals surface area contributed by atoms with Crippen LogP contribution in [-0.4, -0.2) is 15.5 Å². The Hall–Kier alpha value is -2.88. The first-order valence-electron chi connectivity index (χ1n) is 8.22. The Bertz CT molecular complexity index is 773. The lowest BCUT2D eigenvalue weighted by Crippen LogP contribution is -2.09. The number of nitrogens with zero attached hydrogens (tertiary/aromatic N) is 2. The molecule has 0 radical (unpaired) electrons. The van der Waals surface area contributed by atoms with Gasteiger partial charge in [-0.15, -0.1) is 13.2 Å². The highest BCUT2D eigenvalue weighted by Crippen LogP contribution is 2.18. The topological polar surface area (TPSA) is 44.1 Å². The van der Waals surface area contributed by atoms with Gasteiger partial charge in [0.15, 0.2) is 0 Å². The number of hydrogen-bond donors (Lipinski definition) is 0. The van der Waals surface area contributed by atoms with Crippen LogP contribution in [0.15, 0.2) is 67.8 Å². The molecule has 2 aromatic rings. The van der Waals surface area contributed by atoms with Crippen LogP contribution in [-0.2, 0) is 35.5 Å². The van der Waals surface area contributed by atoms with Crippen molar-refractivity contribution in [1.82, 2.24) is 9.55 Å². The molecule has 1 heterocycles. The van der Waals surface area contributed by atoms with Gasteiger partial charge in [-0.1, -0.05) is 49.1 Å². The molecule has 130 valence electrons. The normalized spacial score (nSPS) is 10.3. The lowest BCUT2D eigenvalue weighted by molar-refractivity contribution is -0.140. The highest BCUT2D eigenvalue weighted by atomic mass is 16.5. The summed E-state index contributed by atoms with van der Waals surface area (Å²) in [6.07, 6.45) is 5.02. The summed E-state index contributed by atoms with van der Waals surface area (Å²) in [6, 6.07) is 10.2. The fourth-order valence-corrected chi connectivity index (χ4v) is 2.59. The molecule has 0 spiro atoms. The second kappa shape index (κ2) is 8.83. The zero-order valence-corrected chi connectivity index (χ0v) is 14.7. The van der Waals surface area contributed by atoms with Gasteiger partial charge >= 0.3 is 5.97 Å². The van der Waals surface area contributed by atoms with E-state index in [4.69, 9.17) is 9.72 Å². The zero-order valence-electron chi connectivity index (χ0n) is 14.7. The third-order valence-corrected chi connectivity index (χ3v) is 3.78. The van der Waals surface area contributed by atoms with Crippen LogP contribution in [0.2, 0.25) is 0 Å². The number of carbonyl (C=O) groups excluding carboxylic acids is 1. The van der Waals surface area contributed by atoms with E-state index in [0.717, 1.165) is 17.2 Å². The number of hydrogen-bond acceptors (Lipinski definition) is 3. The average molecular weight is 336 g/mol. The van der Waals surface area contributed by atoms with Gasteiger partial charge < -0.3 is 9.30 Å². The van der Waals surface area contributed by atoms with Gasteiger partial charge in [0, 0.05) is 30.7 Å². The third-order valence-electron chi connectivity index (χ3n) is 3.78. The van der Waals surface area contributed by atoms with Crippen LogP contribution < -0.4 is 0 Å². The summed E-state index contributed by atoms with van der Waals surface area (Å²) in [4.78, 5) is 16.4. The van der Waals surface area contributed by atoms with E-state index >= 15 is 0 Å². The molecular weight excluding hydrogens is 312 g/mol. The Morgan fingerprint density at radius 3 is 2.56 bits per heavy atom. The second-order valence-corrected chi connectivity index (χ2v) is 5.83. The Balaban J connectivity index is 2.35. The molecule has 0 aliphatic rings. The Kier molecular flexibility index (Phi) is 6.52. The monoisotopic (exact) mass is 336 g/mol. The smallest absolute Gasteiger partial charge is 0.333 e. The van der Waals surface area contributed by atoms with E-state index in [9.17, 15) is 4.79 Å². The Morgan fingerprint density at radius 2 is 1.96 bits per heavy atom. The number of benzene rings is 1. The fraction of sp³-hybridized carbons (Fsp3) is 0.238. The summed E-state index contributed by atoms with van der Waals surface area (Å²) in [5.74, 6) is 0.511. The summed E-state index contributed by atoms with van der Waals surface area (Å²) in [7, 11) is 0. The molecule has 1 aromatic carbocycles. The molecule has 4 nitrogen and oxygen atoms in total. The van der Waals surface area contributed by atoms with Gasteiger partial charge in [0.25, 0.3) is 0 Å². The SMILES string of the molecule is C=CCc1c(COC(=O)C(=C)C)nc(Cc2ccccc2)n1CC=C. The summed E-state index contributed by atoms with van der Waals surface area (Å²) in [5.41, 5.74) is 3.30. The van der Waals surface area contributed by atoms with E-state index in [2.05, 4.69) is 36.4 Å². The minimum absolute atomic E-state index is 0.126. The summed E-state index contributed by atoms with van der Waals surface area (Å²) >= 11 is 0. The van der Waals surface area contributed by atoms with Crippen LogP contribution >= 0.6 is 0 Å². The van der Waals surface area contributed by atoms with Crippen LogP contribution in [0.5, 0.6) is 0 Å². The first-order chi connectivity index (χ1) is 12.1. The number of ether oxygens (including phenoxy) is 1. The quantitative estimate of drug-likeness (QED) is 0.395. The number of aromatic nitrogens is 2. The molecule has 0 unspecified atom stereocenters.